The number of rotatable bonds is 5. The van der Waals surface area contributed by atoms with Gasteiger partial charge in [-0.25, -0.2) is 4.39 Å². The average molecular weight is 275 g/mol. The van der Waals surface area contributed by atoms with E-state index in [1.807, 2.05) is 0 Å². The number of benzene rings is 1. The highest BCUT2D eigenvalue weighted by Crippen LogP contribution is 2.31. The van der Waals surface area contributed by atoms with Crippen LogP contribution in [-0.2, 0) is 0 Å². The number of amides is 1. The predicted octanol–water partition coefficient (Wildman–Crippen LogP) is 2.09. The van der Waals surface area contributed by atoms with E-state index in [9.17, 15) is 9.18 Å². The van der Waals surface area contributed by atoms with Gasteiger partial charge in [0.05, 0.1) is 12.2 Å². The van der Waals surface area contributed by atoms with Crippen LogP contribution in [0.3, 0.4) is 0 Å². The minimum atomic E-state index is -0.565. The molecule has 0 aliphatic heterocycles. The lowest BCUT2D eigenvalue weighted by atomic mass is 10.1. The number of aliphatic hydroxyl groups excluding tert-OH is 1. The normalized spacial score (nSPS) is 13.5. The summed E-state index contributed by atoms with van der Waals surface area (Å²) in [6.07, 6.45) is 3.81. The van der Waals surface area contributed by atoms with E-state index in [2.05, 4.69) is 17.2 Å². The third-order valence-corrected chi connectivity index (χ3v) is 3.22. The Bertz CT molecular complexity index is 541. The Morgan fingerprint density at radius 3 is 2.90 bits per heavy atom. The van der Waals surface area contributed by atoms with E-state index in [1.54, 1.807) is 6.07 Å². The first kappa shape index (κ1) is 14.5. The van der Waals surface area contributed by atoms with Gasteiger partial charge in [0.2, 0.25) is 0 Å². The molecule has 0 bridgehead atoms. The number of carbonyl (C=O) groups excluding carboxylic acids is 1. The summed E-state index contributed by atoms with van der Waals surface area (Å²) in [4.78, 5) is 11.8. The first-order chi connectivity index (χ1) is 9.70. The van der Waals surface area contributed by atoms with Gasteiger partial charge < -0.3 is 10.4 Å². The fraction of sp³-hybridized carbons (Fsp3) is 0.438. The van der Waals surface area contributed by atoms with Crippen LogP contribution in [0.15, 0.2) is 18.2 Å². The zero-order valence-electron chi connectivity index (χ0n) is 11.3. The van der Waals surface area contributed by atoms with Crippen LogP contribution in [-0.4, -0.2) is 24.2 Å². The van der Waals surface area contributed by atoms with Gasteiger partial charge in [-0.1, -0.05) is 24.7 Å². The molecule has 2 N–H and O–H groups in total. The fourth-order valence-electron chi connectivity index (χ4n) is 1.89. The molecule has 0 saturated heterocycles. The third-order valence-electron chi connectivity index (χ3n) is 3.22. The van der Waals surface area contributed by atoms with Crippen LogP contribution in [0.4, 0.5) is 4.39 Å². The maximum atomic E-state index is 13.8. The van der Waals surface area contributed by atoms with Crippen LogP contribution in [0, 0.1) is 23.6 Å². The summed E-state index contributed by atoms with van der Waals surface area (Å²) in [7, 11) is 0. The summed E-state index contributed by atoms with van der Waals surface area (Å²) in [5.74, 6) is 5.25. The monoisotopic (exact) mass is 275 g/mol. The summed E-state index contributed by atoms with van der Waals surface area (Å²) in [6.45, 7) is 0.581. The van der Waals surface area contributed by atoms with Crippen molar-refractivity contribution in [2.24, 2.45) is 5.92 Å². The Hall–Kier alpha value is -1.86. The predicted molar refractivity (Wildman–Crippen MR) is 74.7 cm³/mol. The largest absolute Gasteiger partial charge is 0.395 e. The maximum absolute atomic E-state index is 13.8. The zero-order chi connectivity index (χ0) is 14.4. The Morgan fingerprint density at radius 1 is 1.45 bits per heavy atom. The van der Waals surface area contributed by atoms with Crippen molar-refractivity contribution in [3.63, 3.8) is 0 Å². The molecule has 1 aliphatic rings. The van der Waals surface area contributed by atoms with E-state index < -0.39 is 5.82 Å². The minimum Gasteiger partial charge on any atom is -0.395 e. The van der Waals surface area contributed by atoms with Crippen LogP contribution >= 0.6 is 0 Å². The van der Waals surface area contributed by atoms with Gasteiger partial charge in [-0.15, -0.1) is 0 Å². The van der Waals surface area contributed by atoms with Crippen molar-refractivity contribution in [2.45, 2.75) is 25.7 Å². The molecule has 1 amide bonds. The second-order valence-electron chi connectivity index (χ2n) is 4.96. The van der Waals surface area contributed by atoms with Crippen LogP contribution in [0.5, 0.6) is 0 Å². The Kier molecular flexibility index (Phi) is 5.14. The average Bonchev–Trinajstić information content (AvgIpc) is 3.23. The lowest BCUT2D eigenvalue weighted by molar-refractivity contribution is 0.0948. The summed E-state index contributed by atoms with van der Waals surface area (Å²) in [6, 6.07) is 4.31. The van der Waals surface area contributed by atoms with Gasteiger partial charge in [-0.05, 0) is 30.5 Å². The van der Waals surface area contributed by atoms with E-state index in [1.165, 1.54) is 25.0 Å². The van der Waals surface area contributed by atoms with E-state index in [-0.39, 0.29) is 18.1 Å². The minimum absolute atomic E-state index is 0.0169. The van der Waals surface area contributed by atoms with Crippen molar-refractivity contribution < 1.29 is 14.3 Å². The van der Waals surface area contributed by atoms with Crippen LogP contribution in [0.1, 0.15) is 41.6 Å². The molecule has 0 aromatic heterocycles. The molecule has 0 unspecified atom stereocenters. The number of hydrogen-bond acceptors (Lipinski definition) is 2. The van der Waals surface area contributed by atoms with Gasteiger partial charge in [0.25, 0.3) is 5.91 Å². The van der Waals surface area contributed by atoms with Crippen LogP contribution < -0.4 is 5.32 Å². The van der Waals surface area contributed by atoms with Gasteiger partial charge in [-0.3, -0.25) is 4.79 Å². The standard InChI is InChI=1S/C16H18FNO2/c17-15-11-13(3-1-2-10-19)6-7-14(15)16(20)18-9-8-12-4-5-12/h6-7,11-12,19H,2,4-5,8-10H2,(H,18,20). The molecule has 1 aliphatic carbocycles. The summed E-state index contributed by atoms with van der Waals surface area (Å²) >= 11 is 0. The highest BCUT2D eigenvalue weighted by Gasteiger charge is 2.21. The summed E-state index contributed by atoms with van der Waals surface area (Å²) in [5, 5.41) is 11.3. The molecule has 0 heterocycles. The van der Waals surface area contributed by atoms with Crippen molar-refractivity contribution in [1.82, 2.24) is 5.32 Å². The van der Waals surface area contributed by atoms with Crippen molar-refractivity contribution in [3.05, 3.63) is 35.1 Å². The molecule has 4 heteroatoms. The molecule has 1 aromatic rings. The molecular weight excluding hydrogens is 257 g/mol. The zero-order valence-corrected chi connectivity index (χ0v) is 11.3. The van der Waals surface area contributed by atoms with Gasteiger partial charge in [0, 0.05) is 18.5 Å². The molecule has 2 rings (SSSR count). The molecule has 0 atom stereocenters. The molecule has 1 fully saturated rings. The van der Waals surface area contributed by atoms with Gasteiger partial charge >= 0.3 is 0 Å². The number of aliphatic hydroxyl groups is 1. The molecule has 0 radical (unpaired) electrons. The maximum Gasteiger partial charge on any atom is 0.254 e. The van der Waals surface area contributed by atoms with E-state index in [0.29, 0.717) is 18.5 Å². The Morgan fingerprint density at radius 2 is 2.25 bits per heavy atom. The van der Waals surface area contributed by atoms with Gasteiger partial charge in [-0.2, -0.15) is 0 Å². The molecule has 1 aromatic carbocycles. The first-order valence-corrected chi connectivity index (χ1v) is 6.88. The summed E-state index contributed by atoms with van der Waals surface area (Å²) in [5.41, 5.74) is 0.555. The molecule has 20 heavy (non-hydrogen) atoms. The highest BCUT2D eigenvalue weighted by molar-refractivity contribution is 5.94. The molecule has 106 valence electrons. The van der Waals surface area contributed by atoms with Crippen molar-refractivity contribution in [2.75, 3.05) is 13.2 Å². The molecule has 1 saturated carbocycles. The molecule has 3 nitrogen and oxygen atoms in total. The molecular formula is C16H18FNO2. The second-order valence-corrected chi connectivity index (χ2v) is 4.96. The molecule has 0 spiro atoms. The van der Waals surface area contributed by atoms with Crippen molar-refractivity contribution >= 4 is 5.91 Å². The number of halogens is 1. The fourth-order valence-corrected chi connectivity index (χ4v) is 1.89. The van der Waals surface area contributed by atoms with E-state index in [0.717, 1.165) is 12.3 Å². The van der Waals surface area contributed by atoms with Gasteiger partial charge in [0.1, 0.15) is 5.82 Å². The Labute approximate surface area is 118 Å². The van der Waals surface area contributed by atoms with Crippen LogP contribution in [0.25, 0.3) is 0 Å². The van der Waals surface area contributed by atoms with E-state index >= 15 is 0 Å². The van der Waals surface area contributed by atoms with Crippen molar-refractivity contribution in [1.29, 1.82) is 0 Å². The lowest BCUT2D eigenvalue weighted by Gasteiger charge is -2.05. The van der Waals surface area contributed by atoms with Crippen molar-refractivity contribution in [3.8, 4) is 11.8 Å². The number of hydrogen-bond donors (Lipinski definition) is 2. The number of nitrogens with one attached hydrogen (secondary N) is 1. The lowest BCUT2D eigenvalue weighted by Crippen LogP contribution is -2.25. The third kappa shape index (κ3) is 4.36. The Balaban J connectivity index is 1.93. The van der Waals surface area contributed by atoms with Crippen LogP contribution in [0.2, 0.25) is 0 Å². The topological polar surface area (TPSA) is 49.3 Å². The highest BCUT2D eigenvalue weighted by atomic mass is 19.1. The number of carbonyl (C=O) groups is 1. The van der Waals surface area contributed by atoms with E-state index in [4.69, 9.17) is 5.11 Å². The second kappa shape index (κ2) is 7.06. The SMILES string of the molecule is O=C(NCCC1CC1)c1ccc(C#CCCO)cc1F. The quantitative estimate of drug-likeness (QED) is 0.808. The first-order valence-electron chi connectivity index (χ1n) is 6.88. The summed E-state index contributed by atoms with van der Waals surface area (Å²) < 4.78 is 13.8. The van der Waals surface area contributed by atoms with Gasteiger partial charge in [0.15, 0.2) is 0 Å². The smallest absolute Gasteiger partial charge is 0.254 e.